The van der Waals surface area contributed by atoms with Gasteiger partial charge in [0.25, 0.3) is 5.91 Å². The van der Waals surface area contributed by atoms with Crippen molar-refractivity contribution in [3.05, 3.63) is 63.6 Å². The predicted molar refractivity (Wildman–Crippen MR) is 118 cm³/mol. The van der Waals surface area contributed by atoms with Gasteiger partial charge in [0.1, 0.15) is 17.8 Å². The van der Waals surface area contributed by atoms with Crippen LogP contribution in [0.15, 0.2) is 42.5 Å². The summed E-state index contributed by atoms with van der Waals surface area (Å²) in [6.45, 7) is 3.98. The maximum absolute atomic E-state index is 13.1. The molecular formula is C22H23Cl2N3O4. The van der Waals surface area contributed by atoms with E-state index >= 15 is 0 Å². The van der Waals surface area contributed by atoms with Gasteiger partial charge in [0, 0.05) is 29.2 Å². The molecule has 1 N–H and O–H groups in total. The van der Waals surface area contributed by atoms with Gasteiger partial charge in [-0.05, 0) is 43.7 Å². The van der Waals surface area contributed by atoms with Gasteiger partial charge in [0.05, 0.1) is 6.61 Å². The highest BCUT2D eigenvalue weighted by Gasteiger charge is 2.50. The number of ether oxygens (including phenoxy) is 1. The monoisotopic (exact) mass is 463 g/mol. The maximum atomic E-state index is 13.1. The first-order valence-electron chi connectivity index (χ1n) is 9.71. The number of carbonyl (C=O) groups excluding carboxylic acids is 3. The molecule has 0 saturated carbocycles. The number of amides is 4. The first-order chi connectivity index (χ1) is 14.7. The van der Waals surface area contributed by atoms with Crippen LogP contribution in [0.4, 0.5) is 4.79 Å². The van der Waals surface area contributed by atoms with E-state index in [1.807, 2.05) is 31.2 Å². The molecule has 4 amide bonds. The van der Waals surface area contributed by atoms with Crippen molar-refractivity contribution in [3.63, 3.8) is 0 Å². The average molecular weight is 464 g/mol. The fourth-order valence-corrected chi connectivity index (χ4v) is 3.99. The third-order valence-electron chi connectivity index (χ3n) is 5.12. The summed E-state index contributed by atoms with van der Waals surface area (Å²) in [4.78, 5) is 40.6. The summed E-state index contributed by atoms with van der Waals surface area (Å²) in [5.74, 6) is -0.173. The van der Waals surface area contributed by atoms with Crippen molar-refractivity contribution in [3.8, 4) is 5.75 Å². The van der Waals surface area contributed by atoms with Crippen molar-refractivity contribution < 1.29 is 19.1 Å². The van der Waals surface area contributed by atoms with Gasteiger partial charge >= 0.3 is 6.03 Å². The molecule has 1 heterocycles. The van der Waals surface area contributed by atoms with E-state index in [9.17, 15) is 14.4 Å². The lowest BCUT2D eigenvalue weighted by Crippen LogP contribution is -2.43. The van der Waals surface area contributed by atoms with Gasteiger partial charge in [0.2, 0.25) is 5.91 Å². The number of rotatable bonds is 7. The molecular weight excluding hydrogens is 441 g/mol. The molecule has 9 heteroatoms. The number of imide groups is 1. The molecule has 2 aromatic rings. The number of hydrogen-bond acceptors (Lipinski definition) is 4. The van der Waals surface area contributed by atoms with E-state index in [1.165, 1.54) is 11.0 Å². The van der Waals surface area contributed by atoms with Crippen LogP contribution in [-0.4, -0.2) is 47.8 Å². The highest BCUT2D eigenvalue weighted by Crippen LogP contribution is 2.35. The minimum atomic E-state index is -1.38. The molecule has 1 aliphatic heterocycles. The number of nitrogens with zero attached hydrogens (tertiary/aromatic N) is 2. The highest BCUT2D eigenvalue weighted by molar-refractivity contribution is 6.35. The van der Waals surface area contributed by atoms with Crippen molar-refractivity contribution in [2.24, 2.45) is 0 Å². The van der Waals surface area contributed by atoms with E-state index in [4.69, 9.17) is 27.9 Å². The number of hydrogen-bond donors (Lipinski definition) is 1. The zero-order valence-electron chi connectivity index (χ0n) is 17.4. The SMILES string of the molecule is CCOc1ccc(CN(C)C(=O)CN2C(=O)N[C@@](C)(c3ccc(Cl)cc3Cl)C2=O)cc1. The van der Waals surface area contributed by atoms with Crippen LogP contribution in [0.2, 0.25) is 10.0 Å². The number of nitrogens with one attached hydrogen (secondary N) is 1. The van der Waals surface area contributed by atoms with Crippen LogP contribution < -0.4 is 10.1 Å². The second-order valence-electron chi connectivity index (χ2n) is 7.40. The lowest BCUT2D eigenvalue weighted by Gasteiger charge is -2.24. The summed E-state index contributed by atoms with van der Waals surface area (Å²) in [5.41, 5.74) is -0.0731. The lowest BCUT2D eigenvalue weighted by molar-refractivity contribution is -0.138. The molecule has 0 unspecified atom stereocenters. The Bertz CT molecular complexity index is 1010. The van der Waals surface area contributed by atoms with Crippen LogP contribution in [-0.2, 0) is 21.7 Å². The minimum Gasteiger partial charge on any atom is -0.494 e. The predicted octanol–water partition coefficient (Wildman–Crippen LogP) is 3.82. The van der Waals surface area contributed by atoms with Crippen LogP contribution >= 0.6 is 23.2 Å². The molecule has 1 aliphatic rings. The van der Waals surface area contributed by atoms with E-state index < -0.39 is 17.5 Å². The fraction of sp³-hybridized carbons (Fsp3) is 0.318. The zero-order chi connectivity index (χ0) is 22.8. The molecule has 164 valence electrons. The number of carbonyl (C=O) groups is 3. The summed E-state index contributed by atoms with van der Waals surface area (Å²) in [5, 5.41) is 3.31. The van der Waals surface area contributed by atoms with Crippen LogP contribution in [0.1, 0.15) is 25.0 Å². The second kappa shape index (κ2) is 9.16. The average Bonchev–Trinajstić information content (AvgIpc) is 2.93. The van der Waals surface area contributed by atoms with Crippen LogP contribution in [0.5, 0.6) is 5.75 Å². The molecule has 1 atom stereocenters. The summed E-state index contributed by atoms with van der Waals surface area (Å²) >= 11 is 12.2. The van der Waals surface area contributed by atoms with E-state index in [0.717, 1.165) is 16.2 Å². The summed E-state index contributed by atoms with van der Waals surface area (Å²) in [6, 6.07) is 11.4. The van der Waals surface area contributed by atoms with E-state index in [2.05, 4.69) is 5.32 Å². The Hall–Kier alpha value is -2.77. The minimum absolute atomic E-state index is 0.254. The topological polar surface area (TPSA) is 79.0 Å². The van der Waals surface area contributed by atoms with Crippen LogP contribution in [0.3, 0.4) is 0 Å². The molecule has 0 aromatic heterocycles. The molecule has 1 saturated heterocycles. The molecule has 3 rings (SSSR count). The van der Waals surface area contributed by atoms with Gasteiger partial charge in [-0.2, -0.15) is 0 Å². The third kappa shape index (κ3) is 4.78. The second-order valence-corrected chi connectivity index (χ2v) is 8.24. The standard InChI is InChI=1S/C22H23Cl2N3O4/c1-4-31-16-8-5-14(6-9-16)12-26(3)19(28)13-27-20(29)22(2,25-21(27)30)17-10-7-15(23)11-18(17)24/h5-11H,4,12-13H2,1-3H3,(H,25,30)/t22-/m0/s1. The van der Waals surface area contributed by atoms with Crippen LogP contribution in [0.25, 0.3) is 0 Å². The third-order valence-corrected chi connectivity index (χ3v) is 5.67. The highest BCUT2D eigenvalue weighted by atomic mass is 35.5. The molecule has 7 nitrogen and oxygen atoms in total. The number of halogens is 2. The smallest absolute Gasteiger partial charge is 0.325 e. The van der Waals surface area contributed by atoms with E-state index in [-0.39, 0.29) is 17.5 Å². The van der Waals surface area contributed by atoms with Gasteiger partial charge in [-0.15, -0.1) is 0 Å². The molecule has 0 spiro atoms. The molecule has 31 heavy (non-hydrogen) atoms. The summed E-state index contributed by atoms with van der Waals surface area (Å²) in [7, 11) is 1.62. The first kappa shape index (κ1) is 22.9. The Kier molecular flexibility index (Phi) is 6.77. The Morgan fingerprint density at radius 1 is 1.16 bits per heavy atom. The van der Waals surface area contributed by atoms with Crippen molar-refractivity contribution in [1.82, 2.24) is 15.1 Å². The molecule has 0 aliphatic carbocycles. The maximum Gasteiger partial charge on any atom is 0.325 e. The van der Waals surface area contributed by atoms with E-state index in [0.29, 0.717) is 23.7 Å². The largest absolute Gasteiger partial charge is 0.494 e. The normalized spacial score (nSPS) is 18.2. The Balaban J connectivity index is 1.69. The van der Waals surface area contributed by atoms with Gasteiger partial charge in [-0.1, -0.05) is 41.4 Å². The Labute approximate surface area is 190 Å². The van der Waals surface area contributed by atoms with Gasteiger partial charge in [-0.25, -0.2) is 4.79 Å². The molecule has 2 aromatic carbocycles. The number of likely N-dealkylation sites (N-methyl/N-ethyl adjacent to an activating group) is 1. The van der Waals surface area contributed by atoms with Gasteiger partial charge in [0.15, 0.2) is 0 Å². The summed E-state index contributed by atoms with van der Waals surface area (Å²) in [6.07, 6.45) is 0. The van der Waals surface area contributed by atoms with Crippen molar-refractivity contribution in [2.45, 2.75) is 25.9 Å². The Morgan fingerprint density at radius 3 is 2.45 bits per heavy atom. The van der Waals surface area contributed by atoms with E-state index in [1.54, 1.807) is 26.1 Å². The Morgan fingerprint density at radius 2 is 1.84 bits per heavy atom. The number of benzene rings is 2. The van der Waals surface area contributed by atoms with Crippen molar-refractivity contribution >= 4 is 41.0 Å². The molecule has 1 fully saturated rings. The fourth-order valence-electron chi connectivity index (χ4n) is 3.39. The van der Waals surface area contributed by atoms with Gasteiger partial charge < -0.3 is 15.0 Å². The quantitative estimate of drug-likeness (QED) is 0.632. The molecule has 0 bridgehead atoms. The van der Waals surface area contributed by atoms with Crippen molar-refractivity contribution in [2.75, 3.05) is 20.2 Å². The van der Waals surface area contributed by atoms with Crippen LogP contribution in [0, 0.1) is 0 Å². The first-order valence-corrected chi connectivity index (χ1v) is 10.5. The van der Waals surface area contributed by atoms with Gasteiger partial charge in [-0.3, -0.25) is 14.5 Å². The lowest BCUT2D eigenvalue weighted by atomic mass is 9.92. The zero-order valence-corrected chi connectivity index (χ0v) is 19.0. The molecule has 0 radical (unpaired) electrons. The number of urea groups is 1. The summed E-state index contributed by atoms with van der Waals surface area (Å²) < 4.78 is 5.41. The van der Waals surface area contributed by atoms with Crippen molar-refractivity contribution in [1.29, 1.82) is 0 Å².